The lowest BCUT2D eigenvalue weighted by Gasteiger charge is -2.23. The number of hydrogen-bond acceptors (Lipinski definition) is 2. The van der Waals surface area contributed by atoms with Crippen LogP contribution in [-0.4, -0.2) is 41.1 Å². The summed E-state index contributed by atoms with van der Waals surface area (Å²) in [5, 5.41) is 11.8. The second-order valence-corrected chi connectivity index (χ2v) is 4.97. The van der Waals surface area contributed by atoms with E-state index in [9.17, 15) is 9.59 Å². The molecule has 1 rings (SSSR count). The summed E-state index contributed by atoms with van der Waals surface area (Å²) in [7, 11) is 0. The number of carbonyl (C=O) groups excluding carboxylic acids is 1. The fourth-order valence-corrected chi connectivity index (χ4v) is 2.26. The van der Waals surface area contributed by atoms with Crippen molar-refractivity contribution in [3.8, 4) is 0 Å². The molecule has 1 aliphatic rings. The molecule has 2 N–H and O–H groups in total. The largest absolute Gasteiger partial charge is 0.481 e. The third-order valence-corrected chi connectivity index (χ3v) is 3.24. The van der Waals surface area contributed by atoms with Crippen LogP contribution in [0.1, 0.15) is 33.1 Å². The molecule has 0 saturated heterocycles. The summed E-state index contributed by atoms with van der Waals surface area (Å²) in [6.07, 6.45) is 1.92. The summed E-state index contributed by atoms with van der Waals surface area (Å²) in [4.78, 5) is 24.5. The zero-order valence-corrected chi connectivity index (χ0v) is 11.1. The van der Waals surface area contributed by atoms with Gasteiger partial charge in [-0.25, -0.2) is 4.79 Å². The van der Waals surface area contributed by atoms with E-state index in [-0.39, 0.29) is 18.0 Å². The lowest BCUT2D eigenvalue weighted by atomic mass is 10.1. The van der Waals surface area contributed by atoms with Gasteiger partial charge in [0.1, 0.15) is 0 Å². The van der Waals surface area contributed by atoms with Crippen molar-refractivity contribution >= 4 is 12.0 Å². The average molecular weight is 254 g/mol. The molecule has 5 heteroatoms. The number of aliphatic carboxylic acids is 1. The summed E-state index contributed by atoms with van der Waals surface area (Å²) in [5.74, 6) is -1.08. The Bertz CT molecular complexity index is 341. The Labute approximate surface area is 108 Å². The number of hydrogen-bond donors (Lipinski definition) is 2. The monoisotopic (exact) mass is 254 g/mol. The molecule has 0 spiro atoms. The van der Waals surface area contributed by atoms with Crippen LogP contribution in [0, 0.1) is 5.92 Å². The van der Waals surface area contributed by atoms with Crippen LogP contribution in [0.5, 0.6) is 0 Å². The molecule has 0 aromatic heterocycles. The van der Waals surface area contributed by atoms with Crippen LogP contribution in [-0.2, 0) is 4.79 Å². The van der Waals surface area contributed by atoms with E-state index in [4.69, 9.17) is 5.11 Å². The van der Waals surface area contributed by atoms with Crippen LogP contribution in [0.3, 0.4) is 0 Å². The lowest BCUT2D eigenvalue weighted by molar-refractivity contribution is -0.141. The Morgan fingerprint density at radius 2 is 2.11 bits per heavy atom. The molecule has 0 radical (unpaired) electrons. The van der Waals surface area contributed by atoms with E-state index in [1.807, 2.05) is 13.8 Å². The first-order valence-electron chi connectivity index (χ1n) is 6.36. The van der Waals surface area contributed by atoms with Crippen LogP contribution in [0.15, 0.2) is 12.2 Å². The van der Waals surface area contributed by atoms with Gasteiger partial charge in [0, 0.05) is 19.1 Å². The fourth-order valence-electron chi connectivity index (χ4n) is 2.26. The topological polar surface area (TPSA) is 69.6 Å². The van der Waals surface area contributed by atoms with Crippen LogP contribution in [0.4, 0.5) is 4.79 Å². The molecule has 0 heterocycles. The maximum Gasteiger partial charge on any atom is 0.317 e. The highest BCUT2D eigenvalue weighted by Crippen LogP contribution is 2.25. The zero-order valence-electron chi connectivity index (χ0n) is 11.1. The van der Waals surface area contributed by atoms with Gasteiger partial charge in [-0.15, -0.1) is 0 Å². The molecule has 0 bridgehead atoms. The molecule has 0 aromatic carbocycles. The maximum absolute atomic E-state index is 12.0. The molecule has 2 amide bonds. The number of nitrogens with one attached hydrogen (secondary N) is 1. The van der Waals surface area contributed by atoms with Crippen LogP contribution < -0.4 is 5.32 Å². The highest BCUT2D eigenvalue weighted by molar-refractivity contribution is 5.75. The Morgan fingerprint density at radius 3 is 2.56 bits per heavy atom. The van der Waals surface area contributed by atoms with Crippen molar-refractivity contribution < 1.29 is 14.7 Å². The van der Waals surface area contributed by atoms with Crippen LogP contribution in [0.2, 0.25) is 0 Å². The number of carbonyl (C=O) groups is 2. The molecule has 1 saturated carbocycles. The third kappa shape index (κ3) is 4.05. The first-order valence-corrected chi connectivity index (χ1v) is 6.36. The van der Waals surface area contributed by atoms with E-state index < -0.39 is 5.97 Å². The molecular formula is C13H22N2O3. The zero-order chi connectivity index (χ0) is 13.7. The normalized spacial score (nSPS) is 22.6. The number of urea groups is 1. The summed E-state index contributed by atoms with van der Waals surface area (Å²) in [5.41, 5.74) is 0.932. The van der Waals surface area contributed by atoms with Crippen molar-refractivity contribution in [2.24, 2.45) is 5.92 Å². The molecule has 1 fully saturated rings. The summed E-state index contributed by atoms with van der Waals surface area (Å²) >= 11 is 0. The molecule has 1 aliphatic carbocycles. The maximum atomic E-state index is 12.0. The Kier molecular flexibility index (Phi) is 5.19. The molecule has 102 valence electrons. The van der Waals surface area contributed by atoms with Gasteiger partial charge >= 0.3 is 12.0 Å². The van der Waals surface area contributed by atoms with E-state index in [0.29, 0.717) is 25.9 Å². The number of nitrogens with zero attached hydrogens (tertiary/aromatic N) is 1. The summed E-state index contributed by atoms with van der Waals surface area (Å²) in [6, 6.07) is -0.144. The van der Waals surface area contributed by atoms with Gasteiger partial charge in [0.05, 0.1) is 5.92 Å². The van der Waals surface area contributed by atoms with Gasteiger partial charge in [0.25, 0.3) is 0 Å². The SMILES string of the molecule is C=C(C)CN(CC)C(=O)N[C@H]1CC[C@@H](C(=O)O)C1. The van der Waals surface area contributed by atoms with Crippen LogP contribution >= 0.6 is 0 Å². The predicted molar refractivity (Wildman–Crippen MR) is 69.4 cm³/mol. The van der Waals surface area contributed by atoms with Crippen molar-refractivity contribution in [1.29, 1.82) is 0 Å². The quantitative estimate of drug-likeness (QED) is 0.736. The number of likely N-dealkylation sites (N-methyl/N-ethyl adjacent to an activating group) is 1. The first-order chi connectivity index (χ1) is 8.43. The minimum Gasteiger partial charge on any atom is -0.481 e. The number of carboxylic acid groups (broad SMARTS) is 1. The second-order valence-electron chi connectivity index (χ2n) is 4.97. The van der Waals surface area contributed by atoms with E-state index in [1.165, 1.54) is 0 Å². The van der Waals surface area contributed by atoms with Gasteiger partial charge in [-0.1, -0.05) is 12.2 Å². The fraction of sp³-hybridized carbons (Fsp3) is 0.692. The van der Waals surface area contributed by atoms with Gasteiger partial charge in [0.2, 0.25) is 0 Å². The molecular weight excluding hydrogens is 232 g/mol. The number of rotatable bonds is 5. The lowest BCUT2D eigenvalue weighted by Crippen LogP contribution is -2.44. The van der Waals surface area contributed by atoms with E-state index >= 15 is 0 Å². The van der Waals surface area contributed by atoms with E-state index in [1.54, 1.807) is 4.90 Å². The highest BCUT2D eigenvalue weighted by Gasteiger charge is 2.31. The molecule has 0 aliphatic heterocycles. The Morgan fingerprint density at radius 1 is 1.44 bits per heavy atom. The minimum absolute atomic E-state index is 0.0160. The summed E-state index contributed by atoms with van der Waals surface area (Å²) in [6.45, 7) is 8.75. The van der Waals surface area contributed by atoms with Crippen LogP contribution in [0.25, 0.3) is 0 Å². The third-order valence-electron chi connectivity index (χ3n) is 3.24. The van der Waals surface area contributed by atoms with Crippen molar-refractivity contribution in [3.05, 3.63) is 12.2 Å². The minimum atomic E-state index is -0.763. The summed E-state index contributed by atoms with van der Waals surface area (Å²) < 4.78 is 0. The van der Waals surface area contributed by atoms with Gasteiger partial charge < -0.3 is 15.3 Å². The van der Waals surface area contributed by atoms with E-state index in [0.717, 1.165) is 12.0 Å². The standard InChI is InChI=1S/C13H22N2O3/c1-4-15(8-9(2)3)13(18)14-11-6-5-10(7-11)12(16)17/h10-11H,2,4-8H2,1,3H3,(H,14,18)(H,16,17)/t10-,11+/m1/s1. The average Bonchev–Trinajstić information content (AvgIpc) is 2.74. The second kappa shape index (κ2) is 6.42. The van der Waals surface area contributed by atoms with E-state index in [2.05, 4.69) is 11.9 Å². The molecule has 0 unspecified atom stereocenters. The van der Waals surface area contributed by atoms with Crippen molar-refractivity contribution in [1.82, 2.24) is 10.2 Å². The number of carboxylic acids is 1. The molecule has 18 heavy (non-hydrogen) atoms. The molecule has 5 nitrogen and oxygen atoms in total. The Hall–Kier alpha value is -1.52. The molecule has 2 atom stereocenters. The van der Waals surface area contributed by atoms with Gasteiger partial charge in [-0.2, -0.15) is 0 Å². The van der Waals surface area contributed by atoms with Gasteiger partial charge in [-0.3, -0.25) is 4.79 Å². The Balaban J connectivity index is 2.44. The van der Waals surface area contributed by atoms with Crippen molar-refractivity contribution in [2.45, 2.75) is 39.2 Å². The van der Waals surface area contributed by atoms with Crippen molar-refractivity contribution in [2.75, 3.05) is 13.1 Å². The van der Waals surface area contributed by atoms with Gasteiger partial charge in [-0.05, 0) is 33.1 Å². The van der Waals surface area contributed by atoms with Crippen molar-refractivity contribution in [3.63, 3.8) is 0 Å². The van der Waals surface area contributed by atoms with Gasteiger partial charge in [0.15, 0.2) is 0 Å². The first kappa shape index (κ1) is 14.5. The number of amides is 2. The predicted octanol–water partition coefficient (Wildman–Crippen LogP) is 1.85. The molecule has 0 aromatic rings. The smallest absolute Gasteiger partial charge is 0.317 e. The highest BCUT2D eigenvalue weighted by atomic mass is 16.4.